The van der Waals surface area contributed by atoms with E-state index < -0.39 is 0 Å². The van der Waals surface area contributed by atoms with Gasteiger partial charge in [-0.3, -0.25) is 0 Å². The molecule has 0 unspecified atom stereocenters. The fourth-order valence-electron chi connectivity index (χ4n) is 0.983. The van der Waals surface area contributed by atoms with E-state index >= 15 is 0 Å². The van der Waals surface area contributed by atoms with Crippen LogP contribution in [0.15, 0.2) is 24.9 Å². The number of rotatable bonds is 5. The molecule has 1 heteroatoms. The molecular formula is C10H19N. The van der Waals surface area contributed by atoms with E-state index in [1.54, 1.807) is 0 Å². The van der Waals surface area contributed by atoms with Crippen molar-refractivity contribution in [1.82, 2.24) is 4.90 Å². The van der Waals surface area contributed by atoms with Crippen LogP contribution in [0, 0.1) is 5.92 Å². The van der Waals surface area contributed by atoms with Crippen LogP contribution in [0.5, 0.6) is 0 Å². The predicted octanol–water partition coefficient (Wildman–Crippen LogP) is 2.66. The molecule has 11 heavy (non-hydrogen) atoms. The molecule has 0 aliphatic heterocycles. The molecule has 0 heterocycles. The summed E-state index contributed by atoms with van der Waals surface area (Å²) < 4.78 is 0. The lowest BCUT2D eigenvalue weighted by Crippen LogP contribution is -2.25. The Balaban J connectivity index is 3.88. The van der Waals surface area contributed by atoms with Gasteiger partial charge < -0.3 is 4.90 Å². The minimum absolute atomic E-state index is 0.687. The third-order valence-electron chi connectivity index (χ3n) is 1.47. The average molecular weight is 153 g/mol. The van der Waals surface area contributed by atoms with Crippen molar-refractivity contribution in [3.63, 3.8) is 0 Å². The highest BCUT2D eigenvalue weighted by Gasteiger charge is 2.03. The topological polar surface area (TPSA) is 3.24 Å². The van der Waals surface area contributed by atoms with Gasteiger partial charge in [-0.2, -0.15) is 0 Å². The second-order valence-electron chi connectivity index (χ2n) is 3.32. The summed E-state index contributed by atoms with van der Waals surface area (Å²) in [6, 6.07) is 0. The van der Waals surface area contributed by atoms with Crippen LogP contribution >= 0.6 is 0 Å². The minimum Gasteiger partial charge on any atom is -0.372 e. The fraction of sp³-hybridized carbons (Fsp3) is 0.600. The second kappa shape index (κ2) is 5.00. The fourth-order valence-corrected chi connectivity index (χ4v) is 0.983. The van der Waals surface area contributed by atoms with Gasteiger partial charge in [-0.15, -0.1) is 6.58 Å². The Morgan fingerprint density at radius 1 is 1.55 bits per heavy atom. The first-order chi connectivity index (χ1) is 5.07. The first-order valence-electron chi connectivity index (χ1n) is 4.09. The first kappa shape index (κ1) is 10.3. The Hall–Kier alpha value is -0.720. The van der Waals surface area contributed by atoms with Gasteiger partial charge in [0.1, 0.15) is 0 Å². The van der Waals surface area contributed by atoms with Gasteiger partial charge in [0.15, 0.2) is 0 Å². The Morgan fingerprint density at radius 3 is 2.36 bits per heavy atom. The van der Waals surface area contributed by atoms with Gasteiger partial charge in [0.25, 0.3) is 0 Å². The summed E-state index contributed by atoms with van der Waals surface area (Å²) in [5, 5.41) is 0. The largest absolute Gasteiger partial charge is 0.372 e. The molecule has 0 bridgehead atoms. The molecule has 0 aromatic heterocycles. The Kier molecular flexibility index (Phi) is 4.67. The quantitative estimate of drug-likeness (QED) is 0.549. The van der Waals surface area contributed by atoms with Crippen LogP contribution in [0.4, 0.5) is 0 Å². The van der Waals surface area contributed by atoms with E-state index in [1.165, 1.54) is 0 Å². The maximum absolute atomic E-state index is 3.91. The van der Waals surface area contributed by atoms with Crippen LogP contribution in [0.1, 0.15) is 20.8 Å². The molecule has 0 N–H and O–H groups in total. The van der Waals surface area contributed by atoms with E-state index in [4.69, 9.17) is 0 Å². The molecule has 0 aromatic rings. The highest BCUT2D eigenvalue weighted by atomic mass is 15.1. The molecule has 0 saturated carbocycles. The van der Waals surface area contributed by atoms with Crippen molar-refractivity contribution < 1.29 is 0 Å². The van der Waals surface area contributed by atoms with Crippen LogP contribution in [-0.4, -0.2) is 18.0 Å². The summed E-state index contributed by atoms with van der Waals surface area (Å²) in [6.45, 7) is 16.0. The summed E-state index contributed by atoms with van der Waals surface area (Å²) in [4.78, 5) is 2.23. The summed E-state index contributed by atoms with van der Waals surface area (Å²) in [5.41, 5.74) is 1.12. The molecular weight excluding hydrogens is 134 g/mol. The van der Waals surface area contributed by atoms with Crippen molar-refractivity contribution in [2.45, 2.75) is 20.8 Å². The molecule has 0 spiro atoms. The first-order valence-corrected chi connectivity index (χ1v) is 4.09. The van der Waals surface area contributed by atoms with Crippen LogP contribution in [0.25, 0.3) is 0 Å². The van der Waals surface area contributed by atoms with Gasteiger partial charge in [-0.25, -0.2) is 0 Å². The van der Waals surface area contributed by atoms with Crippen LogP contribution in [-0.2, 0) is 0 Å². The van der Waals surface area contributed by atoms with Gasteiger partial charge >= 0.3 is 0 Å². The van der Waals surface area contributed by atoms with E-state index in [9.17, 15) is 0 Å². The second-order valence-corrected chi connectivity index (χ2v) is 3.32. The van der Waals surface area contributed by atoms with Crippen molar-refractivity contribution in [1.29, 1.82) is 0 Å². The molecule has 0 aliphatic carbocycles. The molecule has 0 fully saturated rings. The van der Waals surface area contributed by atoms with E-state index in [0.717, 1.165) is 18.8 Å². The highest BCUT2D eigenvalue weighted by molar-refractivity contribution is 4.92. The number of hydrogen-bond donors (Lipinski definition) is 0. The van der Waals surface area contributed by atoms with E-state index in [0.29, 0.717) is 5.92 Å². The normalized spacial score (nSPS) is 9.82. The third kappa shape index (κ3) is 4.65. The molecule has 0 aliphatic rings. The van der Waals surface area contributed by atoms with Crippen molar-refractivity contribution in [2.75, 3.05) is 13.1 Å². The van der Waals surface area contributed by atoms with Gasteiger partial charge in [0.05, 0.1) is 0 Å². The van der Waals surface area contributed by atoms with Gasteiger partial charge in [-0.1, -0.05) is 26.5 Å². The van der Waals surface area contributed by atoms with Gasteiger partial charge in [0, 0.05) is 18.8 Å². The van der Waals surface area contributed by atoms with Crippen molar-refractivity contribution in [3.8, 4) is 0 Å². The summed E-state index contributed by atoms with van der Waals surface area (Å²) in [7, 11) is 0. The van der Waals surface area contributed by atoms with Gasteiger partial charge in [0.2, 0.25) is 0 Å². The van der Waals surface area contributed by atoms with Crippen molar-refractivity contribution in [3.05, 3.63) is 24.9 Å². The summed E-state index contributed by atoms with van der Waals surface area (Å²) in [6.07, 6.45) is 1.91. The summed E-state index contributed by atoms with van der Waals surface area (Å²) in [5.74, 6) is 0.687. The molecule has 64 valence electrons. The van der Waals surface area contributed by atoms with E-state index in [1.807, 2.05) is 13.0 Å². The number of allylic oxidation sites excluding steroid dienone is 1. The molecule has 0 rings (SSSR count). The highest BCUT2D eigenvalue weighted by Crippen LogP contribution is 2.04. The average Bonchev–Trinajstić information content (AvgIpc) is 1.86. The van der Waals surface area contributed by atoms with E-state index in [-0.39, 0.29) is 0 Å². The summed E-state index contributed by atoms with van der Waals surface area (Å²) >= 11 is 0. The maximum atomic E-state index is 3.91. The lowest BCUT2D eigenvalue weighted by atomic mass is 10.2. The Bertz CT molecular complexity index is 136. The SMILES string of the molecule is C=CCN(CC(C)C)C(=C)C. The number of hydrogen-bond acceptors (Lipinski definition) is 1. The number of nitrogens with zero attached hydrogens (tertiary/aromatic N) is 1. The molecule has 0 atom stereocenters. The molecule has 0 aromatic carbocycles. The Morgan fingerprint density at radius 2 is 2.09 bits per heavy atom. The third-order valence-corrected chi connectivity index (χ3v) is 1.47. The zero-order chi connectivity index (χ0) is 8.85. The molecule has 0 saturated heterocycles. The zero-order valence-corrected chi connectivity index (χ0v) is 7.93. The van der Waals surface area contributed by atoms with Gasteiger partial charge in [-0.05, 0) is 12.8 Å². The minimum atomic E-state index is 0.687. The molecule has 1 nitrogen and oxygen atoms in total. The van der Waals surface area contributed by atoms with Crippen molar-refractivity contribution in [2.24, 2.45) is 5.92 Å². The standard InChI is InChI=1S/C10H19N/c1-6-7-11(10(4)5)8-9(2)3/h6,9H,1,4,7-8H2,2-3,5H3. The van der Waals surface area contributed by atoms with Crippen LogP contribution in [0.2, 0.25) is 0 Å². The maximum Gasteiger partial charge on any atom is 0.0353 e. The predicted molar refractivity (Wildman–Crippen MR) is 51.4 cm³/mol. The van der Waals surface area contributed by atoms with Crippen molar-refractivity contribution >= 4 is 0 Å². The van der Waals surface area contributed by atoms with E-state index in [2.05, 4.69) is 31.9 Å². The Labute approximate surface area is 70.4 Å². The lowest BCUT2D eigenvalue weighted by molar-refractivity contribution is 0.334. The lowest BCUT2D eigenvalue weighted by Gasteiger charge is -2.24. The molecule has 0 amide bonds. The van der Waals surface area contributed by atoms with Crippen LogP contribution in [0.3, 0.4) is 0 Å². The van der Waals surface area contributed by atoms with Crippen LogP contribution < -0.4 is 0 Å². The zero-order valence-electron chi connectivity index (χ0n) is 7.93. The molecule has 0 radical (unpaired) electrons. The smallest absolute Gasteiger partial charge is 0.0353 e. The monoisotopic (exact) mass is 153 g/mol.